The van der Waals surface area contributed by atoms with Crippen molar-refractivity contribution in [3.05, 3.63) is 17.8 Å². The van der Waals surface area contributed by atoms with Crippen molar-refractivity contribution in [2.24, 2.45) is 5.84 Å². The van der Waals surface area contributed by atoms with Crippen molar-refractivity contribution in [2.45, 2.75) is 18.6 Å². The number of carbonyl (C=O) groups excluding carboxylic acids is 1. The average molecular weight is 255 g/mol. The summed E-state index contributed by atoms with van der Waals surface area (Å²) in [6, 6.07) is 3.17. The number of aromatic nitrogens is 2. The number of nitrogens with two attached hydrogens (primary N) is 1. The first-order chi connectivity index (χ1) is 7.98. The smallest absolute Gasteiger partial charge is 0.271 e. The molecule has 0 saturated heterocycles. The molecule has 0 saturated carbocycles. The number of amides is 1. The second-order valence-electron chi connectivity index (χ2n) is 4.09. The van der Waals surface area contributed by atoms with Crippen LogP contribution in [0.1, 0.15) is 24.3 Å². The highest BCUT2D eigenvalue weighted by molar-refractivity contribution is 7.99. The number of rotatable bonds is 5. The molecule has 0 spiro atoms. The molecular weight excluding hydrogens is 238 g/mol. The molecular formula is C10H17N5OS. The number of nitrogens with one attached hydrogen (secondary N) is 2. The van der Waals surface area contributed by atoms with Gasteiger partial charge in [-0.3, -0.25) is 4.79 Å². The van der Waals surface area contributed by atoms with Crippen molar-refractivity contribution < 1.29 is 4.79 Å². The number of anilines is 1. The molecule has 17 heavy (non-hydrogen) atoms. The number of thioether (sulfide) groups is 1. The lowest BCUT2D eigenvalue weighted by Gasteiger charge is -2.21. The van der Waals surface area contributed by atoms with Gasteiger partial charge in [0.2, 0.25) is 0 Å². The number of hydrogen-bond donors (Lipinski definition) is 3. The largest absolute Gasteiger partial charge is 0.349 e. The van der Waals surface area contributed by atoms with Crippen molar-refractivity contribution in [3.63, 3.8) is 0 Å². The van der Waals surface area contributed by atoms with E-state index in [1.807, 2.05) is 6.26 Å². The number of nitrogen functional groups attached to an aromatic ring is 1. The van der Waals surface area contributed by atoms with Crippen molar-refractivity contribution in [3.8, 4) is 0 Å². The summed E-state index contributed by atoms with van der Waals surface area (Å²) in [6.45, 7) is 4.70. The van der Waals surface area contributed by atoms with Crippen LogP contribution in [0.25, 0.3) is 0 Å². The van der Waals surface area contributed by atoms with Crippen LogP contribution in [0.2, 0.25) is 0 Å². The zero-order chi connectivity index (χ0) is 12.9. The molecule has 0 fully saturated rings. The molecule has 0 radical (unpaired) electrons. The topological polar surface area (TPSA) is 92.9 Å². The van der Waals surface area contributed by atoms with Crippen LogP contribution in [-0.4, -0.2) is 33.7 Å². The predicted molar refractivity (Wildman–Crippen MR) is 69.8 cm³/mol. The SMILES string of the molecule is CSC(C)(C)CNC(=O)c1ccc(NN)nn1. The second-order valence-corrected chi connectivity index (χ2v) is 5.61. The molecule has 0 aliphatic heterocycles. The minimum Gasteiger partial charge on any atom is -0.349 e. The van der Waals surface area contributed by atoms with E-state index in [2.05, 4.69) is 34.8 Å². The Labute approximate surface area is 105 Å². The fourth-order valence-corrected chi connectivity index (χ4v) is 1.20. The average Bonchev–Trinajstić information content (AvgIpc) is 2.36. The summed E-state index contributed by atoms with van der Waals surface area (Å²) >= 11 is 1.69. The van der Waals surface area contributed by atoms with Gasteiger partial charge in [0.05, 0.1) is 0 Å². The Morgan fingerprint density at radius 2 is 2.18 bits per heavy atom. The maximum Gasteiger partial charge on any atom is 0.271 e. The highest BCUT2D eigenvalue weighted by Gasteiger charge is 2.18. The van der Waals surface area contributed by atoms with Gasteiger partial charge >= 0.3 is 0 Å². The molecule has 0 unspecified atom stereocenters. The molecule has 1 heterocycles. The highest BCUT2D eigenvalue weighted by Crippen LogP contribution is 2.19. The van der Waals surface area contributed by atoms with E-state index in [4.69, 9.17) is 5.84 Å². The fraction of sp³-hybridized carbons (Fsp3) is 0.500. The van der Waals surface area contributed by atoms with Gasteiger partial charge in [0.25, 0.3) is 5.91 Å². The Morgan fingerprint density at radius 1 is 1.47 bits per heavy atom. The summed E-state index contributed by atoms with van der Waals surface area (Å²) in [4.78, 5) is 11.7. The molecule has 1 aromatic rings. The quantitative estimate of drug-likeness (QED) is 0.528. The molecule has 0 aliphatic rings. The summed E-state index contributed by atoms with van der Waals surface area (Å²) in [6.07, 6.45) is 2.01. The van der Waals surface area contributed by atoms with Crippen molar-refractivity contribution >= 4 is 23.5 Å². The van der Waals surface area contributed by atoms with E-state index < -0.39 is 0 Å². The summed E-state index contributed by atoms with van der Waals surface area (Å²) in [5.74, 6) is 5.34. The normalized spacial score (nSPS) is 11.1. The number of hydrogen-bond acceptors (Lipinski definition) is 6. The zero-order valence-electron chi connectivity index (χ0n) is 10.2. The van der Waals surface area contributed by atoms with Gasteiger partial charge in [0.15, 0.2) is 11.5 Å². The first-order valence-corrected chi connectivity index (χ1v) is 6.34. The summed E-state index contributed by atoms with van der Waals surface area (Å²) in [5.41, 5.74) is 2.63. The minimum atomic E-state index is -0.233. The van der Waals surface area contributed by atoms with Crippen LogP contribution in [-0.2, 0) is 0 Å². The van der Waals surface area contributed by atoms with Crippen LogP contribution >= 0.6 is 11.8 Å². The first kappa shape index (κ1) is 13.7. The van der Waals surface area contributed by atoms with Crippen LogP contribution < -0.4 is 16.6 Å². The monoisotopic (exact) mass is 255 g/mol. The maximum absolute atomic E-state index is 11.7. The molecule has 1 amide bonds. The van der Waals surface area contributed by atoms with Crippen molar-refractivity contribution in [1.29, 1.82) is 0 Å². The first-order valence-electron chi connectivity index (χ1n) is 5.12. The molecule has 6 nitrogen and oxygen atoms in total. The second kappa shape index (κ2) is 5.83. The molecule has 7 heteroatoms. The third-order valence-corrected chi connectivity index (χ3v) is 3.52. The molecule has 0 aromatic carbocycles. The van der Waals surface area contributed by atoms with Gasteiger partial charge in [0, 0.05) is 11.3 Å². The molecule has 0 bridgehead atoms. The third kappa shape index (κ3) is 4.20. The Kier molecular flexibility index (Phi) is 4.71. The lowest BCUT2D eigenvalue weighted by Crippen LogP contribution is -2.36. The van der Waals surface area contributed by atoms with Gasteiger partial charge in [-0.15, -0.1) is 10.2 Å². The molecule has 1 aromatic heterocycles. The summed E-state index contributed by atoms with van der Waals surface area (Å²) in [5, 5.41) is 10.3. The third-order valence-electron chi connectivity index (χ3n) is 2.27. The van der Waals surface area contributed by atoms with Gasteiger partial charge in [0.1, 0.15) is 0 Å². The summed E-state index contributed by atoms with van der Waals surface area (Å²) in [7, 11) is 0. The zero-order valence-corrected chi connectivity index (χ0v) is 11.0. The van der Waals surface area contributed by atoms with E-state index in [1.165, 1.54) is 0 Å². The van der Waals surface area contributed by atoms with Crippen LogP contribution in [0, 0.1) is 0 Å². The standard InChI is InChI=1S/C10H17N5OS/c1-10(2,17-3)6-12-9(16)7-4-5-8(13-11)15-14-7/h4-5H,6,11H2,1-3H3,(H,12,16)(H,13,15). The van der Waals surface area contributed by atoms with E-state index in [0.29, 0.717) is 12.4 Å². The lowest BCUT2D eigenvalue weighted by atomic mass is 10.2. The fourth-order valence-electron chi connectivity index (χ4n) is 0.986. The van der Waals surface area contributed by atoms with Crippen LogP contribution in [0.4, 0.5) is 5.82 Å². The lowest BCUT2D eigenvalue weighted by molar-refractivity contribution is 0.0945. The van der Waals surface area contributed by atoms with Crippen LogP contribution in [0.15, 0.2) is 12.1 Å². The van der Waals surface area contributed by atoms with Crippen molar-refractivity contribution in [1.82, 2.24) is 15.5 Å². The molecule has 1 rings (SSSR count). The number of hydrazine groups is 1. The molecule has 4 N–H and O–H groups in total. The van der Waals surface area contributed by atoms with Gasteiger partial charge < -0.3 is 10.7 Å². The number of nitrogens with zero attached hydrogens (tertiary/aromatic N) is 2. The molecule has 0 atom stereocenters. The molecule has 0 aliphatic carbocycles. The van der Waals surface area contributed by atoms with Gasteiger partial charge in [-0.05, 0) is 32.2 Å². The summed E-state index contributed by atoms with van der Waals surface area (Å²) < 4.78 is 0.00183. The van der Waals surface area contributed by atoms with E-state index in [-0.39, 0.29) is 16.3 Å². The van der Waals surface area contributed by atoms with E-state index in [1.54, 1.807) is 23.9 Å². The van der Waals surface area contributed by atoms with Gasteiger partial charge in [-0.1, -0.05) is 0 Å². The van der Waals surface area contributed by atoms with Crippen molar-refractivity contribution in [2.75, 3.05) is 18.2 Å². The van der Waals surface area contributed by atoms with Gasteiger partial charge in [-0.2, -0.15) is 11.8 Å². The maximum atomic E-state index is 11.7. The minimum absolute atomic E-state index is 0.00183. The Hall–Kier alpha value is -1.34. The van der Waals surface area contributed by atoms with E-state index in [9.17, 15) is 4.79 Å². The number of carbonyl (C=O) groups is 1. The Bertz CT molecular complexity index is 379. The predicted octanol–water partition coefficient (Wildman–Crippen LogP) is 0.634. The Balaban J connectivity index is 2.58. The van der Waals surface area contributed by atoms with Gasteiger partial charge in [-0.25, -0.2) is 5.84 Å². The van der Waals surface area contributed by atoms with E-state index in [0.717, 1.165) is 0 Å². The van der Waals surface area contributed by atoms with E-state index >= 15 is 0 Å². The van der Waals surface area contributed by atoms with Crippen LogP contribution in [0.3, 0.4) is 0 Å². The Morgan fingerprint density at radius 3 is 2.65 bits per heavy atom. The molecule has 94 valence electrons. The highest BCUT2D eigenvalue weighted by atomic mass is 32.2. The van der Waals surface area contributed by atoms with Crippen LogP contribution in [0.5, 0.6) is 0 Å².